The first-order chi connectivity index (χ1) is 3.63. The molecular weight excluding hydrogens is 256 g/mol. The van der Waals surface area contributed by atoms with E-state index in [9.17, 15) is 0 Å². The molecule has 1 aliphatic rings. The van der Waals surface area contributed by atoms with E-state index < -0.39 is 0 Å². The minimum Gasteiger partial charge on any atom is -0.150 e. The molecule has 0 saturated heterocycles. The quantitative estimate of drug-likeness (QED) is 0.373. The minimum atomic E-state index is -0.301. The van der Waals surface area contributed by atoms with Gasteiger partial charge in [0.05, 0.1) is 5.25 Å². The zero-order valence-electron chi connectivity index (χ0n) is 4.14. The van der Waals surface area contributed by atoms with Crippen LogP contribution in [-0.4, -0.2) is 8.61 Å². The molecule has 5 heteroatoms. The summed E-state index contributed by atoms with van der Waals surface area (Å²) < 4.78 is 3.46. The first kappa shape index (κ1) is 7.02. The Morgan fingerprint density at radius 2 is 2.25 bits per heavy atom. The lowest BCUT2D eigenvalue weighted by atomic mass is 10.5. The van der Waals surface area contributed by atoms with Crippen LogP contribution in [0.1, 0.15) is 6.92 Å². The van der Waals surface area contributed by atoms with Gasteiger partial charge in [-0.3, -0.25) is 0 Å². The number of nitrogens with zero attached hydrogens (tertiary/aromatic N) is 2. The second-order valence-corrected chi connectivity index (χ2v) is 6.08. The maximum absolute atomic E-state index is 3.87. The molecule has 0 fully saturated rings. The standard InChI is InChI=1S/C3H4Br2N2S/c1-2-3(4,5)6-7-8-2/h2H,1H3. The predicted octanol–water partition coefficient (Wildman–Crippen LogP) is 2.93. The monoisotopic (exact) mass is 258 g/mol. The summed E-state index contributed by atoms with van der Waals surface area (Å²) in [4.78, 5) is 0. The summed E-state index contributed by atoms with van der Waals surface area (Å²) >= 11 is 8.16. The van der Waals surface area contributed by atoms with Gasteiger partial charge in [0.2, 0.25) is 3.36 Å². The van der Waals surface area contributed by atoms with Crippen molar-refractivity contribution in [3.63, 3.8) is 0 Å². The zero-order chi connectivity index (χ0) is 6.20. The third-order valence-electron chi connectivity index (χ3n) is 0.869. The third kappa shape index (κ3) is 1.25. The van der Waals surface area contributed by atoms with Crippen molar-refractivity contribution in [2.75, 3.05) is 0 Å². The molecule has 1 atom stereocenters. The van der Waals surface area contributed by atoms with Gasteiger partial charge in [-0.05, 0) is 38.8 Å². The van der Waals surface area contributed by atoms with Gasteiger partial charge in [-0.1, -0.05) is 0 Å². The Labute approximate surface area is 68.9 Å². The molecule has 1 rings (SSSR count). The SMILES string of the molecule is CC1SN=NC1(Br)Br. The molecule has 2 nitrogen and oxygen atoms in total. The van der Waals surface area contributed by atoms with Crippen LogP contribution in [-0.2, 0) is 0 Å². The molecule has 0 spiro atoms. The molecule has 1 aliphatic heterocycles. The van der Waals surface area contributed by atoms with Crippen LogP contribution in [0.4, 0.5) is 0 Å². The van der Waals surface area contributed by atoms with Gasteiger partial charge in [-0.15, -0.1) is 4.52 Å². The van der Waals surface area contributed by atoms with Crippen LogP contribution >= 0.6 is 43.8 Å². The van der Waals surface area contributed by atoms with Crippen molar-refractivity contribution in [1.82, 2.24) is 0 Å². The average Bonchev–Trinajstić information content (AvgIpc) is 1.86. The smallest absolute Gasteiger partial charge is 0.150 e. The van der Waals surface area contributed by atoms with Crippen molar-refractivity contribution < 1.29 is 0 Å². The maximum atomic E-state index is 3.87. The van der Waals surface area contributed by atoms with Crippen molar-refractivity contribution in [3.05, 3.63) is 0 Å². The summed E-state index contributed by atoms with van der Waals surface area (Å²) in [6, 6.07) is 0. The fraction of sp³-hybridized carbons (Fsp3) is 1.00. The van der Waals surface area contributed by atoms with Gasteiger partial charge in [-0.25, -0.2) is 0 Å². The van der Waals surface area contributed by atoms with Crippen molar-refractivity contribution in [3.8, 4) is 0 Å². The number of hydrogen-bond acceptors (Lipinski definition) is 3. The van der Waals surface area contributed by atoms with Crippen LogP contribution < -0.4 is 0 Å². The maximum Gasteiger partial charge on any atom is 0.204 e. The van der Waals surface area contributed by atoms with E-state index in [1.807, 2.05) is 6.92 Å². The molecule has 0 aliphatic carbocycles. The Balaban J connectivity index is 2.67. The highest BCUT2D eigenvalue weighted by Crippen LogP contribution is 2.44. The Hall–Kier alpha value is 0.910. The molecule has 0 N–H and O–H groups in total. The van der Waals surface area contributed by atoms with Crippen LogP contribution in [0, 0.1) is 0 Å². The van der Waals surface area contributed by atoms with E-state index in [2.05, 4.69) is 41.5 Å². The van der Waals surface area contributed by atoms with E-state index in [0.29, 0.717) is 5.25 Å². The molecule has 0 aromatic carbocycles. The van der Waals surface area contributed by atoms with Crippen molar-refractivity contribution in [2.45, 2.75) is 15.5 Å². The van der Waals surface area contributed by atoms with Crippen LogP contribution in [0.3, 0.4) is 0 Å². The lowest BCUT2D eigenvalue weighted by Gasteiger charge is -2.10. The van der Waals surface area contributed by atoms with E-state index in [4.69, 9.17) is 0 Å². The molecule has 0 bridgehead atoms. The highest BCUT2D eigenvalue weighted by molar-refractivity contribution is 9.25. The molecule has 8 heavy (non-hydrogen) atoms. The van der Waals surface area contributed by atoms with E-state index in [-0.39, 0.29) is 3.36 Å². The van der Waals surface area contributed by atoms with E-state index >= 15 is 0 Å². The van der Waals surface area contributed by atoms with E-state index in [1.165, 1.54) is 11.9 Å². The second kappa shape index (κ2) is 2.27. The number of halogens is 2. The van der Waals surface area contributed by atoms with Crippen LogP contribution in [0.15, 0.2) is 9.63 Å². The molecule has 1 unspecified atom stereocenters. The zero-order valence-corrected chi connectivity index (χ0v) is 8.12. The Morgan fingerprint density at radius 1 is 1.62 bits per heavy atom. The van der Waals surface area contributed by atoms with Gasteiger partial charge in [0, 0.05) is 11.9 Å². The van der Waals surface area contributed by atoms with Gasteiger partial charge < -0.3 is 0 Å². The molecule has 0 amide bonds. The van der Waals surface area contributed by atoms with Crippen LogP contribution in [0.2, 0.25) is 0 Å². The fourth-order valence-electron chi connectivity index (χ4n) is 0.293. The first-order valence-corrected chi connectivity index (χ1v) is 4.51. The summed E-state index contributed by atoms with van der Waals surface area (Å²) in [7, 11) is 0. The topological polar surface area (TPSA) is 24.7 Å². The molecule has 0 aromatic heterocycles. The summed E-state index contributed by atoms with van der Waals surface area (Å²) in [5, 5.41) is 4.25. The highest BCUT2D eigenvalue weighted by atomic mass is 79.9. The van der Waals surface area contributed by atoms with E-state index in [0.717, 1.165) is 0 Å². The minimum absolute atomic E-state index is 0.301. The molecule has 0 aromatic rings. The summed E-state index contributed by atoms with van der Waals surface area (Å²) in [5.74, 6) is 0. The number of hydrogen-bond donors (Lipinski definition) is 0. The summed E-state index contributed by atoms with van der Waals surface area (Å²) in [6.07, 6.45) is 0. The normalized spacial score (nSPS) is 33.6. The fourth-order valence-corrected chi connectivity index (χ4v) is 1.65. The van der Waals surface area contributed by atoms with Crippen LogP contribution in [0.5, 0.6) is 0 Å². The number of rotatable bonds is 0. The lowest BCUT2D eigenvalue weighted by molar-refractivity contribution is 0.859. The largest absolute Gasteiger partial charge is 0.204 e. The first-order valence-electron chi connectivity index (χ1n) is 2.09. The third-order valence-corrected chi connectivity index (χ3v) is 4.00. The molecule has 0 saturated carbocycles. The lowest BCUT2D eigenvalue weighted by Crippen LogP contribution is -2.16. The predicted molar refractivity (Wildman–Crippen MR) is 42.5 cm³/mol. The molecular formula is C3H4Br2N2S. The van der Waals surface area contributed by atoms with Gasteiger partial charge in [-0.2, -0.15) is 5.11 Å². The van der Waals surface area contributed by atoms with Crippen molar-refractivity contribution in [1.29, 1.82) is 0 Å². The van der Waals surface area contributed by atoms with Gasteiger partial charge in [0.15, 0.2) is 0 Å². The Bertz CT molecular complexity index is 124. The summed E-state index contributed by atoms with van der Waals surface area (Å²) in [6.45, 7) is 2.05. The van der Waals surface area contributed by atoms with E-state index in [1.54, 1.807) is 0 Å². The highest BCUT2D eigenvalue weighted by Gasteiger charge is 2.35. The van der Waals surface area contributed by atoms with Crippen molar-refractivity contribution >= 4 is 43.8 Å². The number of alkyl halides is 2. The van der Waals surface area contributed by atoms with Gasteiger partial charge in [0.1, 0.15) is 0 Å². The second-order valence-electron chi connectivity index (χ2n) is 1.52. The van der Waals surface area contributed by atoms with Crippen molar-refractivity contribution in [2.24, 2.45) is 9.63 Å². The molecule has 0 radical (unpaired) electrons. The molecule has 1 heterocycles. The van der Waals surface area contributed by atoms with Gasteiger partial charge in [0.25, 0.3) is 0 Å². The van der Waals surface area contributed by atoms with Gasteiger partial charge >= 0.3 is 0 Å². The Kier molecular flexibility index (Phi) is 1.99. The molecule has 46 valence electrons. The van der Waals surface area contributed by atoms with Crippen LogP contribution in [0.25, 0.3) is 0 Å². The average molecular weight is 260 g/mol. The Morgan fingerprint density at radius 3 is 2.38 bits per heavy atom. The summed E-state index contributed by atoms with van der Waals surface area (Å²) in [5.41, 5.74) is 0.